The SMILES string of the molecule is C[C@@H](NC(=O)COC(=O)/C=C/c1ccccc1F)c1ccc(Cl)cc1. The van der Waals surface area contributed by atoms with E-state index in [4.69, 9.17) is 16.3 Å². The number of rotatable bonds is 6. The van der Waals surface area contributed by atoms with Crippen molar-refractivity contribution < 1.29 is 18.7 Å². The van der Waals surface area contributed by atoms with Gasteiger partial charge in [0.1, 0.15) is 5.82 Å². The van der Waals surface area contributed by atoms with Gasteiger partial charge in [0.25, 0.3) is 5.91 Å². The molecular formula is C19H17ClFNO3. The molecule has 6 heteroatoms. The molecule has 0 saturated carbocycles. The van der Waals surface area contributed by atoms with E-state index in [-0.39, 0.29) is 11.6 Å². The van der Waals surface area contributed by atoms with Crippen molar-refractivity contribution in [2.75, 3.05) is 6.61 Å². The summed E-state index contributed by atoms with van der Waals surface area (Å²) in [5.74, 6) is -1.60. The highest BCUT2D eigenvalue weighted by Gasteiger charge is 2.11. The lowest BCUT2D eigenvalue weighted by Crippen LogP contribution is -2.30. The minimum Gasteiger partial charge on any atom is -0.452 e. The highest BCUT2D eigenvalue weighted by Crippen LogP contribution is 2.15. The lowest BCUT2D eigenvalue weighted by Gasteiger charge is -2.14. The van der Waals surface area contributed by atoms with Crippen molar-refractivity contribution in [3.05, 3.63) is 76.6 Å². The molecule has 0 fully saturated rings. The van der Waals surface area contributed by atoms with Gasteiger partial charge in [0.15, 0.2) is 6.61 Å². The molecule has 4 nitrogen and oxygen atoms in total. The summed E-state index contributed by atoms with van der Waals surface area (Å²) in [4.78, 5) is 23.4. The van der Waals surface area contributed by atoms with Crippen molar-refractivity contribution in [2.45, 2.75) is 13.0 Å². The number of ether oxygens (including phenoxy) is 1. The van der Waals surface area contributed by atoms with Crippen LogP contribution in [-0.4, -0.2) is 18.5 Å². The maximum absolute atomic E-state index is 13.4. The maximum Gasteiger partial charge on any atom is 0.331 e. The number of hydrogen-bond donors (Lipinski definition) is 1. The molecule has 0 heterocycles. The second-order valence-corrected chi connectivity index (χ2v) is 5.74. The highest BCUT2D eigenvalue weighted by molar-refractivity contribution is 6.30. The minimum absolute atomic E-state index is 0.252. The summed E-state index contributed by atoms with van der Waals surface area (Å²) in [6.45, 7) is 1.39. The zero-order chi connectivity index (χ0) is 18.2. The van der Waals surface area contributed by atoms with Crippen molar-refractivity contribution in [1.29, 1.82) is 0 Å². The summed E-state index contributed by atoms with van der Waals surface area (Å²) >= 11 is 5.82. The van der Waals surface area contributed by atoms with Gasteiger partial charge in [-0.3, -0.25) is 4.79 Å². The number of hydrogen-bond acceptors (Lipinski definition) is 3. The van der Waals surface area contributed by atoms with E-state index in [1.807, 2.05) is 0 Å². The monoisotopic (exact) mass is 361 g/mol. The number of nitrogens with one attached hydrogen (secondary N) is 1. The summed E-state index contributed by atoms with van der Waals surface area (Å²) in [6.07, 6.45) is 2.38. The first-order valence-corrected chi connectivity index (χ1v) is 7.97. The van der Waals surface area contributed by atoms with Crippen molar-refractivity contribution in [3.63, 3.8) is 0 Å². The van der Waals surface area contributed by atoms with Crippen LogP contribution in [0.1, 0.15) is 24.1 Å². The van der Waals surface area contributed by atoms with Crippen LogP contribution in [0.5, 0.6) is 0 Å². The average Bonchev–Trinajstić information content (AvgIpc) is 2.59. The summed E-state index contributed by atoms with van der Waals surface area (Å²) in [5.41, 5.74) is 1.14. The summed E-state index contributed by atoms with van der Waals surface area (Å²) in [6, 6.07) is 12.8. The predicted molar refractivity (Wildman–Crippen MR) is 94.4 cm³/mol. The topological polar surface area (TPSA) is 55.4 Å². The second-order valence-electron chi connectivity index (χ2n) is 5.30. The van der Waals surface area contributed by atoms with Crippen molar-refractivity contribution in [2.24, 2.45) is 0 Å². The van der Waals surface area contributed by atoms with Crippen LogP contribution >= 0.6 is 11.6 Å². The Balaban J connectivity index is 1.80. The van der Waals surface area contributed by atoms with Gasteiger partial charge in [-0.1, -0.05) is 41.9 Å². The first kappa shape index (κ1) is 18.7. The molecule has 0 aliphatic rings. The first-order valence-electron chi connectivity index (χ1n) is 7.60. The Kier molecular flexibility index (Phi) is 6.71. The molecule has 0 radical (unpaired) electrons. The molecule has 0 spiro atoms. The molecule has 0 saturated heterocycles. The van der Waals surface area contributed by atoms with Gasteiger partial charge in [-0.05, 0) is 36.8 Å². The third kappa shape index (κ3) is 6.04. The number of benzene rings is 2. The Hall–Kier alpha value is -2.66. The zero-order valence-electron chi connectivity index (χ0n) is 13.5. The molecule has 1 N–H and O–H groups in total. The molecule has 2 aromatic rings. The van der Waals surface area contributed by atoms with E-state index in [1.165, 1.54) is 18.2 Å². The predicted octanol–water partition coefficient (Wildman–Crippen LogP) is 3.91. The molecular weight excluding hydrogens is 345 g/mol. The summed E-state index contributed by atoms with van der Waals surface area (Å²) in [5, 5.41) is 3.32. The standard InChI is InChI=1S/C19H17ClFNO3/c1-13(14-6-9-16(20)10-7-14)22-18(23)12-25-19(24)11-8-15-4-2-3-5-17(15)21/h2-11,13H,12H2,1H3,(H,22,23)/b11-8+/t13-/m1/s1. The second kappa shape index (κ2) is 8.99. The minimum atomic E-state index is -0.724. The van der Waals surface area contributed by atoms with Crippen LogP contribution in [0.4, 0.5) is 4.39 Å². The van der Waals surface area contributed by atoms with Gasteiger partial charge in [-0.15, -0.1) is 0 Å². The molecule has 25 heavy (non-hydrogen) atoms. The number of carbonyl (C=O) groups excluding carboxylic acids is 2. The molecule has 130 valence electrons. The van der Waals surface area contributed by atoms with E-state index in [0.717, 1.165) is 11.6 Å². The van der Waals surface area contributed by atoms with Crippen molar-refractivity contribution >= 4 is 29.6 Å². The van der Waals surface area contributed by atoms with Gasteiger partial charge < -0.3 is 10.1 Å². The molecule has 2 rings (SSSR count). The van der Waals surface area contributed by atoms with Gasteiger partial charge in [-0.25, -0.2) is 9.18 Å². The van der Waals surface area contributed by atoms with Gasteiger partial charge in [0, 0.05) is 16.7 Å². The Bertz CT molecular complexity index is 774. The van der Waals surface area contributed by atoms with Crippen LogP contribution in [0, 0.1) is 5.82 Å². The Morgan fingerprint density at radius 1 is 1.20 bits per heavy atom. The van der Waals surface area contributed by atoms with Gasteiger partial charge in [0.05, 0.1) is 6.04 Å². The van der Waals surface area contributed by atoms with E-state index in [0.29, 0.717) is 5.02 Å². The van der Waals surface area contributed by atoms with E-state index < -0.39 is 24.3 Å². The normalized spacial score (nSPS) is 12.0. The number of halogens is 2. The van der Waals surface area contributed by atoms with E-state index in [9.17, 15) is 14.0 Å². The van der Waals surface area contributed by atoms with E-state index in [2.05, 4.69) is 5.32 Å². The van der Waals surface area contributed by atoms with Crippen molar-refractivity contribution in [3.8, 4) is 0 Å². The third-order valence-corrected chi connectivity index (χ3v) is 3.65. The zero-order valence-corrected chi connectivity index (χ0v) is 14.3. The highest BCUT2D eigenvalue weighted by atomic mass is 35.5. The molecule has 0 aromatic heterocycles. The fourth-order valence-electron chi connectivity index (χ4n) is 2.07. The average molecular weight is 362 g/mol. The van der Waals surface area contributed by atoms with E-state index >= 15 is 0 Å². The Labute approximate surface area is 150 Å². The Morgan fingerprint density at radius 2 is 1.88 bits per heavy atom. The van der Waals surface area contributed by atoms with Crippen LogP contribution < -0.4 is 5.32 Å². The molecule has 1 amide bonds. The first-order chi connectivity index (χ1) is 12.0. The molecule has 2 aromatic carbocycles. The lowest BCUT2D eigenvalue weighted by atomic mass is 10.1. The van der Waals surface area contributed by atoms with Gasteiger partial charge in [0.2, 0.25) is 0 Å². The quantitative estimate of drug-likeness (QED) is 0.627. The molecule has 0 aliphatic heterocycles. The summed E-state index contributed by atoms with van der Waals surface area (Å²) in [7, 11) is 0. The maximum atomic E-state index is 13.4. The van der Waals surface area contributed by atoms with Crippen LogP contribution in [0.25, 0.3) is 6.08 Å². The largest absolute Gasteiger partial charge is 0.452 e. The molecule has 1 atom stereocenters. The van der Waals surface area contributed by atoms with Crippen LogP contribution in [0.15, 0.2) is 54.6 Å². The smallest absolute Gasteiger partial charge is 0.331 e. The third-order valence-electron chi connectivity index (χ3n) is 3.40. The number of esters is 1. The Morgan fingerprint density at radius 3 is 2.56 bits per heavy atom. The lowest BCUT2D eigenvalue weighted by molar-refractivity contribution is -0.144. The molecule has 0 bridgehead atoms. The van der Waals surface area contributed by atoms with Crippen LogP contribution in [0.2, 0.25) is 5.02 Å². The van der Waals surface area contributed by atoms with Gasteiger partial charge in [-0.2, -0.15) is 0 Å². The van der Waals surface area contributed by atoms with Gasteiger partial charge >= 0.3 is 5.97 Å². The van der Waals surface area contributed by atoms with E-state index in [1.54, 1.807) is 43.3 Å². The van der Waals surface area contributed by atoms with Crippen LogP contribution in [0.3, 0.4) is 0 Å². The fourth-order valence-corrected chi connectivity index (χ4v) is 2.20. The number of amides is 1. The number of carbonyl (C=O) groups is 2. The molecule has 0 unspecified atom stereocenters. The van der Waals surface area contributed by atoms with Crippen LogP contribution in [-0.2, 0) is 14.3 Å². The fraction of sp³-hybridized carbons (Fsp3) is 0.158. The summed E-state index contributed by atoms with van der Waals surface area (Å²) < 4.78 is 18.2. The van der Waals surface area contributed by atoms with Crippen molar-refractivity contribution in [1.82, 2.24) is 5.32 Å². The molecule has 0 aliphatic carbocycles.